The van der Waals surface area contributed by atoms with Crippen molar-refractivity contribution in [2.45, 2.75) is 12.5 Å². The van der Waals surface area contributed by atoms with Crippen molar-refractivity contribution in [3.8, 4) is 0 Å². The Morgan fingerprint density at radius 3 is 2.69 bits per heavy atom. The number of nitrogens with two attached hydrogens (primary N) is 1. The van der Waals surface area contributed by atoms with Gasteiger partial charge in [0.15, 0.2) is 0 Å². The first kappa shape index (κ1) is 10.8. The molecule has 2 rings (SSSR count). The zero-order valence-electron chi connectivity index (χ0n) is 9.68. The van der Waals surface area contributed by atoms with Gasteiger partial charge in [-0.05, 0) is 18.6 Å². The zero-order chi connectivity index (χ0) is 11.7. The number of nitrogens with zero attached hydrogens (tertiary/aromatic N) is 2. The number of hydrogen-bond acceptors (Lipinski definition) is 3. The van der Waals surface area contributed by atoms with Crippen LogP contribution in [0.2, 0.25) is 0 Å². The first-order valence-electron chi connectivity index (χ1n) is 5.43. The summed E-state index contributed by atoms with van der Waals surface area (Å²) >= 11 is 0. The average Bonchev–Trinajstić information content (AvgIpc) is 2.60. The second-order valence-corrected chi connectivity index (χ2v) is 4.23. The number of carbonyl (C=O) groups excluding carboxylic acids is 1. The number of anilines is 2. The molecule has 1 aromatic rings. The second kappa shape index (κ2) is 4.04. The van der Waals surface area contributed by atoms with E-state index in [1.807, 2.05) is 43.3 Å². The van der Waals surface area contributed by atoms with Crippen molar-refractivity contribution in [3.63, 3.8) is 0 Å². The van der Waals surface area contributed by atoms with Gasteiger partial charge in [-0.2, -0.15) is 0 Å². The van der Waals surface area contributed by atoms with E-state index in [4.69, 9.17) is 5.73 Å². The van der Waals surface area contributed by atoms with Crippen molar-refractivity contribution in [2.24, 2.45) is 0 Å². The van der Waals surface area contributed by atoms with E-state index in [9.17, 15) is 4.79 Å². The minimum atomic E-state index is -0.0744. The minimum absolute atomic E-state index is 0.0744. The number of para-hydroxylation sites is 2. The first-order valence-corrected chi connectivity index (χ1v) is 5.43. The summed E-state index contributed by atoms with van der Waals surface area (Å²) < 4.78 is 0. The number of likely N-dealkylation sites (N-methyl/N-ethyl adjacent to an activating group) is 2. The van der Waals surface area contributed by atoms with Crippen molar-refractivity contribution in [3.05, 3.63) is 24.3 Å². The molecular formula is C12H17N3O. The standard InChI is InChI=1S/C12H17N3O/c1-14-8-7-11(12(14)16)15(2)10-6-4-3-5-9(10)13/h3-6,11H,7-8,13H2,1-2H3. The molecule has 1 amide bonds. The van der Waals surface area contributed by atoms with E-state index < -0.39 is 0 Å². The van der Waals surface area contributed by atoms with E-state index >= 15 is 0 Å². The smallest absolute Gasteiger partial charge is 0.245 e. The molecule has 1 atom stereocenters. The fourth-order valence-electron chi connectivity index (χ4n) is 2.14. The van der Waals surface area contributed by atoms with E-state index in [0.29, 0.717) is 5.69 Å². The van der Waals surface area contributed by atoms with Crippen LogP contribution in [0.3, 0.4) is 0 Å². The maximum absolute atomic E-state index is 11.9. The summed E-state index contributed by atoms with van der Waals surface area (Å²) in [6.07, 6.45) is 0.861. The number of nitrogen functional groups attached to an aromatic ring is 1. The van der Waals surface area contributed by atoms with Crippen LogP contribution in [0.1, 0.15) is 6.42 Å². The van der Waals surface area contributed by atoms with Gasteiger partial charge in [0.1, 0.15) is 6.04 Å². The van der Waals surface area contributed by atoms with Gasteiger partial charge in [-0.1, -0.05) is 12.1 Å². The lowest BCUT2D eigenvalue weighted by Crippen LogP contribution is -2.38. The van der Waals surface area contributed by atoms with Crippen LogP contribution in [0.4, 0.5) is 11.4 Å². The number of benzene rings is 1. The number of rotatable bonds is 2. The maximum Gasteiger partial charge on any atom is 0.245 e. The third kappa shape index (κ3) is 1.71. The molecule has 16 heavy (non-hydrogen) atoms. The fourth-order valence-corrected chi connectivity index (χ4v) is 2.14. The number of likely N-dealkylation sites (tertiary alicyclic amines) is 1. The molecule has 1 fully saturated rings. The van der Waals surface area contributed by atoms with Crippen molar-refractivity contribution in [1.29, 1.82) is 0 Å². The lowest BCUT2D eigenvalue weighted by Gasteiger charge is -2.26. The third-order valence-corrected chi connectivity index (χ3v) is 3.18. The highest BCUT2D eigenvalue weighted by Gasteiger charge is 2.32. The van der Waals surface area contributed by atoms with Crippen LogP contribution in [0.5, 0.6) is 0 Å². The van der Waals surface area contributed by atoms with Gasteiger partial charge in [-0.3, -0.25) is 4.79 Å². The molecule has 0 bridgehead atoms. The summed E-state index contributed by atoms with van der Waals surface area (Å²) in [5.41, 5.74) is 7.54. The van der Waals surface area contributed by atoms with Crippen LogP contribution in [-0.4, -0.2) is 37.5 Å². The Hall–Kier alpha value is -1.71. The van der Waals surface area contributed by atoms with E-state index in [0.717, 1.165) is 18.7 Å². The molecule has 1 aromatic carbocycles. The van der Waals surface area contributed by atoms with Crippen molar-refractivity contribution in [1.82, 2.24) is 4.90 Å². The summed E-state index contributed by atoms with van der Waals surface area (Å²) in [5, 5.41) is 0. The number of amides is 1. The molecule has 0 saturated carbocycles. The molecular weight excluding hydrogens is 202 g/mol. The molecule has 1 aliphatic rings. The van der Waals surface area contributed by atoms with E-state index in [-0.39, 0.29) is 11.9 Å². The molecule has 1 aliphatic heterocycles. The average molecular weight is 219 g/mol. The van der Waals surface area contributed by atoms with Crippen molar-refractivity contribution >= 4 is 17.3 Å². The SMILES string of the molecule is CN1CCC(N(C)c2ccccc2N)C1=O. The van der Waals surface area contributed by atoms with Crippen LogP contribution in [0.15, 0.2) is 24.3 Å². The highest BCUT2D eigenvalue weighted by Crippen LogP contribution is 2.26. The Morgan fingerprint density at radius 2 is 2.12 bits per heavy atom. The van der Waals surface area contributed by atoms with Gasteiger partial charge in [-0.25, -0.2) is 0 Å². The summed E-state index contributed by atoms with van der Waals surface area (Å²) in [6, 6.07) is 7.56. The maximum atomic E-state index is 11.9. The monoisotopic (exact) mass is 219 g/mol. The molecule has 1 saturated heterocycles. The van der Waals surface area contributed by atoms with Gasteiger partial charge in [-0.15, -0.1) is 0 Å². The van der Waals surface area contributed by atoms with Gasteiger partial charge < -0.3 is 15.5 Å². The van der Waals surface area contributed by atoms with E-state index in [1.54, 1.807) is 4.90 Å². The summed E-state index contributed by atoms with van der Waals surface area (Å²) in [5.74, 6) is 0.172. The predicted molar refractivity (Wildman–Crippen MR) is 65.3 cm³/mol. The van der Waals surface area contributed by atoms with Gasteiger partial charge in [0, 0.05) is 20.6 Å². The molecule has 86 valence electrons. The van der Waals surface area contributed by atoms with Gasteiger partial charge >= 0.3 is 0 Å². The first-order chi connectivity index (χ1) is 7.61. The summed E-state index contributed by atoms with van der Waals surface area (Å²) in [7, 11) is 3.76. The normalized spacial score (nSPS) is 20.2. The fraction of sp³-hybridized carbons (Fsp3) is 0.417. The number of hydrogen-bond donors (Lipinski definition) is 1. The molecule has 2 N–H and O–H groups in total. The Balaban J connectivity index is 2.23. The van der Waals surface area contributed by atoms with Gasteiger partial charge in [0.2, 0.25) is 5.91 Å². The van der Waals surface area contributed by atoms with Crippen molar-refractivity contribution in [2.75, 3.05) is 31.3 Å². The molecule has 4 nitrogen and oxygen atoms in total. The lowest BCUT2D eigenvalue weighted by molar-refractivity contribution is -0.127. The lowest BCUT2D eigenvalue weighted by atomic mass is 10.1. The zero-order valence-corrected chi connectivity index (χ0v) is 9.68. The Bertz CT molecular complexity index is 405. The summed E-state index contributed by atoms with van der Waals surface area (Å²) in [4.78, 5) is 15.6. The Morgan fingerprint density at radius 1 is 1.44 bits per heavy atom. The van der Waals surface area contributed by atoms with E-state index in [1.165, 1.54) is 0 Å². The largest absolute Gasteiger partial charge is 0.397 e. The predicted octanol–water partition coefficient (Wildman–Crippen LogP) is 0.936. The van der Waals surface area contributed by atoms with Crippen LogP contribution < -0.4 is 10.6 Å². The summed E-state index contributed by atoms with van der Waals surface area (Å²) in [6.45, 7) is 0.820. The topological polar surface area (TPSA) is 49.6 Å². The Kier molecular flexibility index (Phi) is 2.73. The second-order valence-electron chi connectivity index (χ2n) is 4.23. The van der Waals surface area contributed by atoms with Crippen molar-refractivity contribution < 1.29 is 4.79 Å². The molecule has 0 aliphatic carbocycles. The molecule has 0 radical (unpaired) electrons. The molecule has 4 heteroatoms. The molecule has 0 aromatic heterocycles. The van der Waals surface area contributed by atoms with Gasteiger partial charge in [0.05, 0.1) is 11.4 Å². The highest BCUT2D eigenvalue weighted by atomic mass is 16.2. The van der Waals surface area contributed by atoms with E-state index in [2.05, 4.69) is 0 Å². The molecule has 1 heterocycles. The highest BCUT2D eigenvalue weighted by molar-refractivity contribution is 5.88. The minimum Gasteiger partial charge on any atom is -0.397 e. The molecule has 1 unspecified atom stereocenters. The third-order valence-electron chi connectivity index (χ3n) is 3.18. The van der Waals surface area contributed by atoms with Crippen LogP contribution in [-0.2, 0) is 4.79 Å². The van der Waals surface area contributed by atoms with Crippen LogP contribution >= 0.6 is 0 Å². The Labute approximate surface area is 95.6 Å². The number of carbonyl (C=O) groups is 1. The molecule has 0 spiro atoms. The van der Waals surface area contributed by atoms with Crippen LogP contribution in [0.25, 0.3) is 0 Å². The van der Waals surface area contributed by atoms with Gasteiger partial charge in [0.25, 0.3) is 0 Å². The van der Waals surface area contributed by atoms with Crippen LogP contribution in [0, 0.1) is 0 Å². The quantitative estimate of drug-likeness (QED) is 0.753.